The summed E-state index contributed by atoms with van der Waals surface area (Å²) >= 11 is 0. The van der Waals surface area contributed by atoms with Gasteiger partial charge in [0.05, 0.1) is 44.9 Å². The third-order valence-electron chi connectivity index (χ3n) is 7.79. The maximum Gasteiger partial charge on any atom is 0.326 e. The largest absolute Gasteiger partial charge is 0.480 e. The molecular weight excluding hydrogens is 702 g/mol. The van der Waals surface area contributed by atoms with E-state index in [1.165, 1.54) is 18.3 Å². The first kappa shape index (κ1) is 40.5. The zero-order valence-corrected chi connectivity index (χ0v) is 29.5. The number of nitrogens with one attached hydrogen (secondary N) is 5. The predicted molar refractivity (Wildman–Crippen MR) is 197 cm³/mol. The SMILES string of the molecule is Nc1nc2ncc(CNc3ccc(C(=O)NC(CCC(=O)CCCNC(=O)CCOCCOCCNC(=O)c4ccccc4)C(=O)O)cc3)nc2c(=O)[nH]1. The Morgan fingerprint density at radius 1 is 0.815 bits per heavy atom. The van der Waals surface area contributed by atoms with E-state index in [2.05, 4.69) is 41.2 Å². The summed E-state index contributed by atoms with van der Waals surface area (Å²) in [5, 5.41) is 20.7. The molecule has 2 aromatic heterocycles. The monoisotopic (exact) mass is 745 g/mol. The lowest BCUT2D eigenvalue weighted by Crippen LogP contribution is -2.41. The molecule has 0 fully saturated rings. The van der Waals surface area contributed by atoms with E-state index in [1.54, 1.807) is 36.4 Å². The summed E-state index contributed by atoms with van der Waals surface area (Å²) in [6.07, 6.45) is 1.96. The molecule has 2 aromatic carbocycles. The van der Waals surface area contributed by atoms with Crippen LogP contribution in [0.4, 0.5) is 11.6 Å². The van der Waals surface area contributed by atoms with Gasteiger partial charge in [0.1, 0.15) is 11.8 Å². The minimum Gasteiger partial charge on any atom is -0.480 e. The average molecular weight is 746 g/mol. The molecular formula is C36H43N9O9. The number of fused-ring (bicyclic) bond motifs is 1. The number of hydrogen-bond donors (Lipinski definition) is 7. The molecule has 0 saturated carbocycles. The highest BCUT2D eigenvalue weighted by molar-refractivity contribution is 5.97. The predicted octanol–water partition coefficient (Wildman–Crippen LogP) is 1.19. The van der Waals surface area contributed by atoms with E-state index >= 15 is 0 Å². The van der Waals surface area contributed by atoms with E-state index in [4.69, 9.17) is 15.2 Å². The fraction of sp³-hybridized carbons (Fsp3) is 0.361. The molecule has 0 radical (unpaired) electrons. The molecule has 0 spiro atoms. The Bertz CT molecular complexity index is 1940. The number of amides is 3. The number of hydrogen-bond acceptors (Lipinski definition) is 13. The number of carboxylic acid groups (broad SMARTS) is 1. The quantitative estimate of drug-likeness (QED) is 0.0526. The Labute approximate surface area is 309 Å². The number of rotatable bonds is 23. The minimum absolute atomic E-state index is 0.0486. The highest BCUT2D eigenvalue weighted by Gasteiger charge is 2.22. The summed E-state index contributed by atoms with van der Waals surface area (Å²) < 4.78 is 10.8. The summed E-state index contributed by atoms with van der Waals surface area (Å²) in [5.41, 5.74) is 7.08. The number of carbonyl (C=O) groups excluding carboxylic acids is 4. The van der Waals surface area contributed by atoms with Gasteiger partial charge in [-0.25, -0.2) is 14.8 Å². The van der Waals surface area contributed by atoms with Crippen LogP contribution in [0.3, 0.4) is 0 Å². The fourth-order valence-corrected chi connectivity index (χ4v) is 4.93. The molecule has 0 aliphatic carbocycles. The first-order valence-corrected chi connectivity index (χ1v) is 17.2. The minimum atomic E-state index is -1.27. The van der Waals surface area contributed by atoms with Crippen molar-refractivity contribution in [2.24, 2.45) is 0 Å². The van der Waals surface area contributed by atoms with Crippen LogP contribution in [0, 0.1) is 0 Å². The number of nitrogens with two attached hydrogens (primary N) is 1. The molecule has 18 heteroatoms. The number of aromatic nitrogens is 4. The van der Waals surface area contributed by atoms with E-state index in [0.29, 0.717) is 49.7 Å². The van der Waals surface area contributed by atoms with Crippen LogP contribution in [0.2, 0.25) is 0 Å². The standard InChI is InChI=1S/C36H43N9O9/c37-36-44-31-30(34(50)45-36)42-26(22-41-31)21-40-25-10-8-24(9-11-25)33(49)43-28(35(51)52)13-12-27(46)7-4-15-38-29(47)14-17-53-19-20-54-18-16-39-32(48)23-5-2-1-3-6-23/h1-3,5-6,8-11,22,28,40H,4,7,12-21H2,(H,38,47)(H,39,48)(H,43,49)(H,51,52)(H3,37,41,44,45,50). The Hall–Kier alpha value is -6.27. The van der Waals surface area contributed by atoms with Gasteiger partial charge in [-0.2, -0.15) is 4.98 Å². The van der Waals surface area contributed by atoms with Crippen molar-refractivity contribution >= 4 is 52.3 Å². The lowest BCUT2D eigenvalue weighted by molar-refractivity contribution is -0.139. The second kappa shape index (κ2) is 21.3. The summed E-state index contributed by atoms with van der Waals surface area (Å²) in [7, 11) is 0. The molecule has 1 atom stereocenters. The van der Waals surface area contributed by atoms with Gasteiger partial charge in [0, 0.05) is 49.2 Å². The number of benzene rings is 2. The number of anilines is 2. The molecule has 0 aliphatic heterocycles. The van der Waals surface area contributed by atoms with E-state index < -0.39 is 23.5 Å². The third kappa shape index (κ3) is 13.7. The van der Waals surface area contributed by atoms with E-state index in [0.717, 1.165) is 0 Å². The van der Waals surface area contributed by atoms with Gasteiger partial charge >= 0.3 is 5.97 Å². The summed E-state index contributed by atoms with van der Waals surface area (Å²) in [6.45, 7) is 1.98. The Morgan fingerprint density at radius 3 is 2.28 bits per heavy atom. The normalized spacial score (nSPS) is 11.4. The van der Waals surface area contributed by atoms with Crippen LogP contribution in [0.25, 0.3) is 11.2 Å². The van der Waals surface area contributed by atoms with Crippen LogP contribution in [0.5, 0.6) is 0 Å². The maximum atomic E-state index is 12.8. The molecule has 3 amide bonds. The number of carbonyl (C=O) groups is 5. The van der Waals surface area contributed by atoms with Crippen molar-refractivity contribution < 1.29 is 38.6 Å². The van der Waals surface area contributed by atoms with Crippen molar-refractivity contribution in [1.29, 1.82) is 0 Å². The topological polar surface area (TPSA) is 270 Å². The Kier molecular flexibility index (Phi) is 16.0. The highest BCUT2D eigenvalue weighted by Crippen LogP contribution is 2.13. The van der Waals surface area contributed by atoms with E-state index in [9.17, 15) is 33.9 Å². The van der Waals surface area contributed by atoms with Crippen LogP contribution in [0.1, 0.15) is 58.5 Å². The molecule has 4 rings (SSSR count). The Balaban J connectivity index is 1.04. The number of aromatic amines is 1. The van der Waals surface area contributed by atoms with Crippen molar-refractivity contribution in [2.75, 3.05) is 50.6 Å². The number of H-pyrrole nitrogens is 1. The number of nitrogen functional groups attached to an aromatic ring is 1. The van der Waals surface area contributed by atoms with Crippen molar-refractivity contribution in [3.63, 3.8) is 0 Å². The van der Waals surface area contributed by atoms with Gasteiger partial charge in [0.25, 0.3) is 17.4 Å². The summed E-state index contributed by atoms with van der Waals surface area (Å²) in [5.74, 6) is -2.54. The molecule has 18 nitrogen and oxygen atoms in total. The number of ether oxygens (including phenoxy) is 2. The van der Waals surface area contributed by atoms with Crippen molar-refractivity contribution in [3.05, 3.63) is 88.0 Å². The molecule has 0 saturated heterocycles. The van der Waals surface area contributed by atoms with Crippen LogP contribution >= 0.6 is 0 Å². The molecule has 286 valence electrons. The number of nitrogens with zero attached hydrogens (tertiary/aromatic N) is 3. The first-order chi connectivity index (χ1) is 26.1. The summed E-state index contributed by atoms with van der Waals surface area (Å²) in [6, 6.07) is 13.9. The fourth-order valence-electron chi connectivity index (χ4n) is 4.93. The number of aliphatic carboxylic acids is 1. The molecule has 2 heterocycles. The molecule has 0 bridgehead atoms. The zero-order valence-electron chi connectivity index (χ0n) is 29.5. The van der Waals surface area contributed by atoms with Crippen LogP contribution < -0.4 is 32.6 Å². The third-order valence-corrected chi connectivity index (χ3v) is 7.79. The summed E-state index contributed by atoms with van der Waals surface area (Å²) in [4.78, 5) is 87.7. The second-order valence-corrected chi connectivity index (χ2v) is 11.9. The smallest absolute Gasteiger partial charge is 0.326 e. The van der Waals surface area contributed by atoms with Crippen molar-refractivity contribution in [2.45, 2.75) is 44.7 Å². The number of Topliss-reactive ketones (excluding diaryl/α,β-unsaturated/α-hetero) is 1. The first-order valence-electron chi connectivity index (χ1n) is 17.2. The van der Waals surface area contributed by atoms with Gasteiger partial charge in [0.2, 0.25) is 11.9 Å². The Morgan fingerprint density at radius 2 is 1.54 bits per heavy atom. The van der Waals surface area contributed by atoms with Crippen LogP contribution in [0.15, 0.2) is 65.6 Å². The maximum absolute atomic E-state index is 12.8. The van der Waals surface area contributed by atoms with Crippen molar-refractivity contribution in [1.82, 2.24) is 35.9 Å². The zero-order chi connectivity index (χ0) is 38.7. The van der Waals surface area contributed by atoms with Gasteiger partial charge in [-0.05, 0) is 49.2 Å². The lowest BCUT2D eigenvalue weighted by Gasteiger charge is -2.14. The molecule has 54 heavy (non-hydrogen) atoms. The van der Waals surface area contributed by atoms with Gasteiger partial charge in [-0.15, -0.1) is 0 Å². The van der Waals surface area contributed by atoms with E-state index in [1.807, 2.05) is 6.07 Å². The van der Waals surface area contributed by atoms with Crippen LogP contribution in [-0.2, 0) is 30.4 Å². The highest BCUT2D eigenvalue weighted by atomic mass is 16.5. The molecule has 8 N–H and O–H groups in total. The molecule has 4 aromatic rings. The molecule has 0 aliphatic rings. The van der Waals surface area contributed by atoms with Gasteiger partial charge in [-0.3, -0.25) is 29.0 Å². The molecule has 1 unspecified atom stereocenters. The number of carboxylic acids is 1. The van der Waals surface area contributed by atoms with Gasteiger partial charge < -0.3 is 41.6 Å². The van der Waals surface area contributed by atoms with Gasteiger partial charge in [-0.1, -0.05) is 18.2 Å². The average Bonchev–Trinajstić information content (AvgIpc) is 3.17. The lowest BCUT2D eigenvalue weighted by atomic mass is 10.1. The number of ketones is 1. The van der Waals surface area contributed by atoms with Crippen LogP contribution in [-0.4, -0.2) is 100 Å². The second-order valence-electron chi connectivity index (χ2n) is 11.9. The van der Waals surface area contributed by atoms with Crippen molar-refractivity contribution in [3.8, 4) is 0 Å². The van der Waals surface area contributed by atoms with Gasteiger partial charge in [0.15, 0.2) is 11.2 Å². The van der Waals surface area contributed by atoms with E-state index in [-0.39, 0.29) is 85.7 Å².